The van der Waals surface area contributed by atoms with Crippen LogP contribution in [0.3, 0.4) is 0 Å². The molecule has 0 atom stereocenters. The smallest absolute Gasteiger partial charge is 0.0410 e. The van der Waals surface area contributed by atoms with Gasteiger partial charge in [0.25, 0.3) is 0 Å². The highest BCUT2D eigenvalue weighted by atomic mass is 35.5. The van der Waals surface area contributed by atoms with Crippen LogP contribution in [-0.4, -0.2) is 12.3 Å². The Morgan fingerprint density at radius 3 is 2.72 bits per heavy atom. The third kappa shape index (κ3) is 6.12. The van der Waals surface area contributed by atoms with Gasteiger partial charge in [-0.1, -0.05) is 38.3 Å². The quantitative estimate of drug-likeness (QED) is 0.499. The van der Waals surface area contributed by atoms with Crippen molar-refractivity contribution in [3.8, 4) is 0 Å². The zero-order valence-corrected chi connectivity index (χ0v) is 13.0. The second-order valence-electron chi connectivity index (χ2n) is 4.48. The molecule has 0 saturated heterocycles. The van der Waals surface area contributed by atoms with E-state index < -0.39 is 0 Å². The number of unbranched alkanes of at least 4 members (excludes halogenated alkanes) is 2. The van der Waals surface area contributed by atoms with Crippen molar-refractivity contribution in [1.82, 2.24) is 5.32 Å². The fourth-order valence-corrected chi connectivity index (χ4v) is 3.00. The summed E-state index contributed by atoms with van der Waals surface area (Å²) in [5.74, 6) is 1.20. The van der Waals surface area contributed by atoms with Gasteiger partial charge in [-0.15, -0.1) is 11.8 Å². The molecule has 0 aliphatic carbocycles. The molecule has 1 nitrogen and oxygen atoms in total. The minimum atomic E-state index is 0.834. The van der Waals surface area contributed by atoms with Gasteiger partial charge in [-0.2, -0.15) is 0 Å². The zero-order valence-electron chi connectivity index (χ0n) is 11.5. The summed E-state index contributed by atoms with van der Waals surface area (Å²) < 4.78 is 0. The number of hydrogen-bond donors (Lipinski definition) is 1. The maximum absolute atomic E-state index is 6.08. The summed E-state index contributed by atoms with van der Waals surface area (Å²) in [5.41, 5.74) is 1.33. The molecule has 0 radical (unpaired) electrons. The molecule has 0 unspecified atom stereocenters. The maximum Gasteiger partial charge on any atom is 0.0410 e. The van der Waals surface area contributed by atoms with E-state index in [1.807, 2.05) is 17.8 Å². The summed E-state index contributed by atoms with van der Waals surface area (Å²) in [7, 11) is 0. The average molecular weight is 286 g/mol. The normalized spacial score (nSPS) is 10.8. The van der Waals surface area contributed by atoms with Gasteiger partial charge in [0.1, 0.15) is 0 Å². The molecule has 0 aromatic heterocycles. The highest BCUT2D eigenvalue weighted by Crippen LogP contribution is 2.26. The Labute approximate surface area is 121 Å². The molecule has 0 spiro atoms. The van der Waals surface area contributed by atoms with Crippen molar-refractivity contribution in [3.63, 3.8) is 0 Å². The van der Waals surface area contributed by atoms with E-state index in [0.29, 0.717) is 0 Å². The van der Waals surface area contributed by atoms with Crippen LogP contribution < -0.4 is 5.32 Å². The molecule has 1 rings (SSSR count). The summed E-state index contributed by atoms with van der Waals surface area (Å²) in [6.45, 7) is 6.41. The number of halogens is 1. The molecule has 18 heavy (non-hydrogen) atoms. The molecule has 0 saturated carbocycles. The van der Waals surface area contributed by atoms with Crippen LogP contribution in [0.2, 0.25) is 5.02 Å². The van der Waals surface area contributed by atoms with Crippen molar-refractivity contribution in [3.05, 3.63) is 28.8 Å². The number of thioether (sulfide) groups is 1. The van der Waals surface area contributed by atoms with E-state index in [0.717, 1.165) is 18.1 Å². The third-order valence-corrected chi connectivity index (χ3v) is 4.21. The molecule has 1 aromatic carbocycles. The third-order valence-electron chi connectivity index (χ3n) is 2.77. The highest BCUT2D eigenvalue weighted by Gasteiger charge is 2.04. The molecular formula is C15H24ClNS. The SMILES string of the molecule is CCCCCSc1ccc(Cl)cc1CNCCC. The molecule has 0 fully saturated rings. The van der Waals surface area contributed by atoms with E-state index in [2.05, 4.69) is 31.3 Å². The lowest BCUT2D eigenvalue weighted by Crippen LogP contribution is -2.14. The van der Waals surface area contributed by atoms with Gasteiger partial charge in [-0.3, -0.25) is 0 Å². The van der Waals surface area contributed by atoms with Crippen LogP contribution in [0, 0.1) is 0 Å². The molecule has 1 aromatic rings. The van der Waals surface area contributed by atoms with Crippen molar-refractivity contribution in [2.24, 2.45) is 0 Å². The summed E-state index contributed by atoms with van der Waals surface area (Å²) >= 11 is 8.03. The van der Waals surface area contributed by atoms with Gasteiger partial charge in [-0.25, -0.2) is 0 Å². The van der Waals surface area contributed by atoms with Crippen LogP contribution in [0.4, 0.5) is 0 Å². The second-order valence-corrected chi connectivity index (χ2v) is 6.06. The molecule has 102 valence electrons. The number of rotatable bonds is 9. The van der Waals surface area contributed by atoms with E-state index >= 15 is 0 Å². The minimum absolute atomic E-state index is 0.834. The van der Waals surface area contributed by atoms with E-state index in [-0.39, 0.29) is 0 Å². The lowest BCUT2D eigenvalue weighted by atomic mass is 10.2. The number of benzene rings is 1. The Bertz CT molecular complexity index is 341. The Morgan fingerprint density at radius 2 is 2.00 bits per heavy atom. The molecule has 0 aliphatic rings. The molecule has 0 amide bonds. The molecule has 0 aliphatic heterocycles. The van der Waals surface area contributed by atoms with Gasteiger partial charge in [0.15, 0.2) is 0 Å². The molecule has 3 heteroatoms. The minimum Gasteiger partial charge on any atom is -0.313 e. The number of nitrogens with one attached hydrogen (secondary N) is 1. The molecule has 0 bridgehead atoms. The van der Waals surface area contributed by atoms with Crippen molar-refractivity contribution in [1.29, 1.82) is 0 Å². The van der Waals surface area contributed by atoms with E-state index in [1.54, 1.807) is 0 Å². The average Bonchev–Trinajstić information content (AvgIpc) is 2.37. The van der Waals surface area contributed by atoms with Crippen LogP contribution in [0.25, 0.3) is 0 Å². The van der Waals surface area contributed by atoms with Crippen molar-refractivity contribution in [2.45, 2.75) is 51.0 Å². The van der Waals surface area contributed by atoms with E-state index in [4.69, 9.17) is 11.6 Å². The number of hydrogen-bond acceptors (Lipinski definition) is 2. The fraction of sp³-hybridized carbons (Fsp3) is 0.600. The first-order chi connectivity index (χ1) is 8.77. The maximum atomic E-state index is 6.08. The van der Waals surface area contributed by atoms with Crippen molar-refractivity contribution >= 4 is 23.4 Å². The van der Waals surface area contributed by atoms with Crippen LogP contribution in [0.1, 0.15) is 45.1 Å². The second kappa shape index (κ2) is 9.71. The van der Waals surface area contributed by atoms with Crippen LogP contribution in [-0.2, 0) is 6.54 Å². The highest BCUT2D eigenvalue weighted by molar-refractivity contribution is 7.99. The molecule has 1 N–H and O–H groups in total. The monoisotopic (exact) mass is 285 g/mol. The van der Waals surface area contributed by atoms with Gasteiger partial charge in [-0.05, 0) is 48.9 Å². The Balaban J connectivity index is 2.52. The standard InChI is InChI=1S/C15H24ClNS/c1-3-5-6-10-18-15-8-7-14(16)11-13(15)12-17-9-4-2/h7-8,11,17H,3-6,9-10,12H2,1-2H3. The topological polar surface area (TPSA) is 12.0 Å². The lowest BCUT2D eigenvalue weighted by Gasteiger charge is -2.10. The van der Waals surface area contributed by atoms with Crippen molar-refractivity contribution < 1.29 is 0 Å². The first-order valence-electron chi connectivity index (χ1n) is 6.89. The Hall–Kier alpha value is -0.180. The Kier molecular flexibility index (Phi) is 8.57. The van der Waals surface area contributed by atoms with Crippen LogP contribution in [0.5, 0.6) is 0 Å². The van der Waals surface area contributed by atoms with E-state index in [1.165, 1.54) is 41.9 Å². The summed E-state index contributed by atoms with van der Waals surface area (Å²) in [6.07, 6.45) is 5.07. The van der Waals surface area contributed by atoms with Gasteiger partial charge < -0.3 is 5.32 Å². The Morgan fingerprint density at radius 1 is 1.17 bits per heavy atom. The van der Waals surface area contributed by atoms with Crippen LogP contribution >= 0.6 is 23.4 Å². The van der Waals surface area contributed by atoms with Gasteiger partial charge in [0.2, 0.25) is 0 Å². The van der Waals surface area contributed by atoms with Gasteiger partial charge in [0, 0.05) is 16.5 Å². The summed E-state index contributed by atoms with van der Waals surface area (Å²) in [6, 6.07) is 6.24. The predicted molar refractivity (Wildman–Crippen MR) is 83.7 cm³/mol. The fourth-order valence-electron chi connectivity index (χ4n) is 1.76. The molecular weight excluding hydrogens is 262 g/mol. The molecule has 0 heterocycles. The predicted octanol–water partition coefficient (Wildman–Crippen LogP) is 5.12. The summed E-state index contributed by atoms with van der Waals surface area (Å²) in [5, 5.41) is 4.28. The first-order valence-corrected chi connectivity index (χ1v) is 8.26. The summed E-state index contributed by atoms with van der Waals surface area (Å²) in [4.78, 5) is 1.37. The lowest BCUT2D eigenvalue weighted by molar-refractivity contribution is 0.669. The zero-order chi connectivity index (χ0) is 13.2. The van der Waals surface area contributed by atoms with Gasteiger partial charge in [0.05, 0.1) is 0 Å². The van der Waals surface area contributed by atoms with E-state index in [9.17, 15) is 0 Å². The van der Waals surface area contributed by atoms with Crippen LogP contribution in [0.15, 0.2) is 23.1 Å². The van der Waals surface area contributed by atoms with Gasteiger partial charge >= 0.3 is 0 Å². The first kappa shape index (κ1) is 15.9. The van der Waals surface area contributed by atoms with Crippen molar-refractivity contribution in [2.75, 3.05) is 12.3 Å². The largest absolute Gasteiger partial charge is 0.313 e.